The lowest BCUT2D eigenvalue weighted by atomic mass is 10.2. The fourth-order valence-corrected chi connectivity index (χ4v) is 3.19. The van der Waals surface area contributed by atoms with Crippen LogP contribution in [0.25, 0.3) is 0 Å². The number of hydrogen-bond acceptors (Lipinski definition) is 8. The molecule has 0 spiro atoms. The second-order valence-electron chi connectivity index (χ2n) is 5.72. The molecular weight excluding hydrogens is 374 g/mol. The van der Waals surface area contributed by atoms with Crippen molar-refractivity contribution < 1.29 is 23.8 Å². The lowest BCUT2D eigenvalue weighted by Crippen LogP contribution is -2.14. The Hall–Kier alpha value is -1.95. The van der Waals surface area contributed by atoms with Gasteiger partial charge in [0, 0.05) is 7.11 Å². The molecule has 0 aliphatic rings. The zero-order valence-corrected chi connectivity index (χ0v) is 16.6. The first kappa shape index (κ1) is 22.1. The van der Waals surface area contributed by atoms with Crippen molar-refractivity contribution in [1.29, 1.82) is 5.26 Å². The van der Waals surface area contributed by atoms with E-state index in [2.05, 4.69) is 6.07 Å². The third-order valence-corrected chi connectivity index (χ3v) is 4.53. The maximum Gasteiger partial charge on any atom is 0.311 e. The first-order valence-electron chi connectivity index (χ1n) is 7.87. The van der Waals surface area contributed by atoms with Gasteiger partial charge in [-0.25, -0.2) is 0 Å². The van der Waals surface area contributed by atoms with E-state index < -0.39 is 16.7 Å². The summed E-state index contributed by atoms with van der Waals surface area (Å²) in [6, 6.07) is 8.88. The molecule has 0 N–H and O–H groups in total. The summed E-state index contributed by atoms with van der Waals surface area (Å²) in [6.07, 6.45) is -0.122. The van der Waals surface area contributed by atoms with Crippen molar-refractivity contribution in [2.75, 3.05) is 20.3 Å². The van der Waals surface area contributed by atoms with Crippen LogP contribution in [0, 0.1) is 11.3 Å². The van der Waals surface area contributed by atoms with Crippen LogP contribution in [0.3, 0.4) is 0 Å². The van der Waals surface area contributed by atoms with Crippen molar-refractivity contribution in [3.63, 3.8) is 0 Å². The molecule has 0 unspecified atom stereocenters. The quantitative estimate of drug-likeness (QED) is 0.273. The van der Waals surface area contributed by atoms with Gasteiger partial charge in [-0.1, -0.05) is 24.0 Å². The van der Waals surface area contributed by atoms with Crippen LogP contribution < -0.4 is 4.74 Å². The minimum absolute atomic E-state index is 0.0510. The number of hydrogen-bond donors (Lipinski definition) is 0. The summed E-state index contributed by atoms with van der Waals surface area (Å²) < 4.78 is 14.8. The van der Waals surface area contributed by atoms with Gasteiger partial charge in [-0.2, -0.15) is 5.26 Å². The van der Waals surface area contributed by atoms with E-state index in [4.69, 9.17) is 31.7 Å². The molecule has 0 aliphatic carbocycles. The largest absolute Gasteiger partial charge is 0.463 e. The van der Waals surface area contributed by atoms with E-state index in [0.717, 1.165) is 5.56 Å². The number of carbonyl (C=O) groups is 2. The second-order valence-corrected chi connectivity index (χ2v) is 8.02. The molecule has 0 bridgehead atoms. The highest BCUT2D eigenvalue weighted by Crippen LogP contribution is 2.28. The monoisotopic (exact) mass is 395 g/mol. The lowest BCUT2D eigenvalue weighted by Gasteiger charge is -2.15. The number of carbonyl (C=O) groups excluding carboxylic acids is 2. The van der Waals surface area contributed by atoms with Gasteiger partial charge in [0.15, 0.2) is 0 Å². The molecule has 6 nitrogen and oxygen atoms in total. The number of nitrogens with zero attached hydrogens (tertiary/aromatic N) is 1. The first-order valence-corrected chi connectivity index (χ1v) is 9.10. The summed E-state index contributed by atoms with van der Waals surface area (Å²) in [5.41, 5.74) is 0.773. The summed E-state index contributed by atoms with van der Waals surface area (Å²) in [5, 5.41) is 9.06. The second kappa shape index (κ2) is 10.9. The molecule has 1 aromatic carbocycles. The zero-order valence-electron chi connectivity index (χ0n) is 14.9. The zero-order chi connectivity index (χ0) is 19.6. The van der Waals surface area contributed by atoms with Crippen LogP contribution in [0.1, 0.15) is 32.3 Å². The standard InChI is InChI=1S/C18H21NO5S2/c1-18(2,12-19)26-17(25)13-4-6-14(7-5-13)24-16(21)9-8-15(20)23-11-10-22-3/h4-7H,8-11H2,1-3H3. The lowest BCUT2D eigenvalue weighted by molar-refractivity contribution is -0.147. The Morgan fingerprint density at radius 2 is 1.77 bits per heavy atom. The Balaban J connectivity index is 2.47. The maximum atomic E-state index is 11.8. The van der Waals surface area contributed by atoms with Crippen molar-refractivity contribution in [2.24, 2.45) is 0 Å². The summed E-state index contributed by atoms with van der Waals surface area (Å²) in [6.45, 7) is 4.06. The smallest absolute Gasteiger partial charge is 0.311 e. The molecule has 0 radical (unpaired) electrons. The van der Waals surface area contributed by atoms with E-state index in [0.29, 0.717) is 16.6 Å². The van der Waals surface area contributed by atoms with Gasteiger partial charge in [-0.15, -0.1) is 0 Å². The summed E-state index contributed by atoms with van der Waals surface area (Å²) in [4.78, 5) is 23.2. The van der Waals surface area contributed by atoms with E-state index in [1.165, 1.54) is 18.9 Å². The molecule has 0 saturated heterocycles. The average Bonchev–Trinajstić information content (AvgIpc) is 2.60. The fraction of sp³-hybridized carbons (Fsp3) is 0.444. The van der Waals surface area contributed by atoms with Crippen LogP contribution in [0.5, 0.6) is 5.75 Å². The van der Waals surface area contributed by atoms with Crippen molar-refractivity contribution in [3.05, 3.63) is 29.8 Å². The molecule has 26 heavy (non-hydrogen) atoms. The third-order valence-electron chi connectivity index (χ3n) is 3.02. The number of ether oxygens (including phenoxy) is 3. The average molecular weight is 396 g/mol. The maximum absolute atomic E-state index is 11.8. The molecule has 0 aromatic heterocycles. The number of methoxy groups -OCH3 is 1. The third kappa shape index (κ3) is 8.43. The van der Waals surface area contributed by atoms with Crippen molar-refractivity contribution in [3.8, 4) is 11.8 Å². The number of rotatable bonds is 9. The Morgan fingerprint density at radius 3 is 2.35 bits per heavy atom. The molecule has 0 fully saturated rings. The number of nitriles is 1. The highest BCUT2D eigenvalue weighted by Gasteiger charge is 2.20. The topological polar surface area (TPSA) is 85.6 Å². The van der Waals surface area contributed by atoms with Crippen LogP contribution >= 0.6 is 24.0 Å². The SMILES string of the molecule is COCCOC(=O)CCC(=O)Oc1ccc(C(=S)SC(C)(C)C#N)cc1. The Kier molecular flexibility index (Phi) is 9.27. The molecule has 0 atom stereocenters. The highest BCUT2D eigenvalue weighted by atomic mass is 32.2. The van der Waals surface area contributed by atoms with E-state index >= 15 is 0 Å². The van der Waals surface area contributed by atoms with Gasteiger partial charge in [0.25, 0.3) is 0 Å². The number of benzene rings is 1. The summed E-state index contributed by atoms with van der Waals surface area (Å²) in [7, 11) is 1.51. The molecule has 8 heteroatoms. The van der Waals surface area contributed by atoms with E-state index in [9.17, 15) is 9.59 Å². The minimum Gasteiger partial charge on any atom is -0.463 e. The number of esters is 2. The molecule has 0 aliphatic heterocycles. The van der Waals surface area contributed by atoms with Gasteiger partial charge < -0.3 is 14.2 Å². The predicted molar refractivity (Wildman–Crippen MR) is 103 cm³/mol. The first-order chi connectivity index (χ1) is 12.3. The Morgan fingerprint density at radius 1 is 1.15 bits per heavy atom. The minimum atomic E-state index is -0.611. The van der Waals surface area contributed by atoms with Crippen molar-refractivity contribution in [1.82, 2.24) is 0 Å². The van der Waals surface area contributed by atoms with E-state index in [-0.39, 0.29) is 19.4 Å². The number of thiocarbonyl (C=S) groups is 1. The molecule has 140 valence electrons. The highest BCUT2D eigenvalue weighted by molar-refractivity contribution is 8.24. The molecule has 0 amide bonds. The van der Waals surface area contributed by atoms with E-state index in [1.807, 2.05) is 0 Å². The van der Waals surface area contributed by atoms with Gasteiger partial charge in [-0.05, 0) is 43.7 Å². The van der Waals surface area contributed by atoms with Crippen molar-refractivity contribution in [2.45, 2.75) is 31.4 Å². The van der Waals surface area contributed by atoms with Crippen LogP contribution in [0.2, 0.25) is 0 Å². The molecule has 0 saturated carbocycles. The molecular formula is C18H21NO5S2. The Labute approximate surface area is 162 Å². The number of thioether (sulfide) groups is 1. The van der Waals surface area contributed by atoms with Crippen LogP contribution in [-0.2, 0) is 19.1 Å². The normalized spacial score (nSPS) is 10.7. The van der Waals surface area contributed by atoms with Crippen molar-refractivity contribution >= 4 is 40.1 Å². The molecule has 1 rings (SSSR count). The molecule has 1 aromatic rings. The van der Waals surface area contributed by atoms with E-state index in [1.54, 1.807) is 38.1 Å². The predicted octanol–water partition coefficient (Wildman–Crippen LogP) is 3.27. The van der Waals surface area contributed by atoms with Gasteiger partial charge in [-0.3, -0.25) is 9.59 Å². The van der Waals surface area contributed by atoms with Crippen LogP contribution in [-0.4, -0.2) is 41.2 Å². The van der Waals surface area contributed by atoms with Gasteiger partial charge in [0.2, 0.25) is 0 Å². The fourth-order valence-electron chi connectivity index (χ4n) is 1.67. The summed E-state index contributed by atoms with van der Waals surface area (Å²) in [5.74, 6) is -0.639. The van der Waals surface area contributed by atoms with Crippen LogP contribution in [0.4, 0.5) is 0 Å². The van der Waals surface area contributed by atoms with Gasteiger partial charge in [0.1, 0.15) is 17.1 Å². The van der Waals surface area contributed by atoms with Crippen LogP contribution in [0.15, 0.2) is 24.3 Å². The van der Waals surface area contributed by atoms with Gasteiger partial charge in [0.05, 0.1) is 29.7 Å². The Bertz CT molecular complexity index is 680. The molecule has 0 heterocycles. The summed E-state index contributed by atoms with van der Waals surface area (Å²) >= 11 is 6.62. The van der Waals surface area contributed by atoms with Gasteiger partial charge >= 0.3 is 11.9 Å².